The van der Waals surface area contributed by atoms with Gasteiger partial charge in [0.1, 0.15) is 7.85 Å². The third-order valence-electron chi connectivity index (χ3n) is 3.95. The lowest BCUT2D eigenvalue weighted by Crippen LogP contribution is -2.24. The van der Waals surface area contributed by atoms with Gasteiger partial charge in [-0.2, -0.15) is 0 Å². The van der Waals surface area contributed by atoms with E-state index >= 15 is 0 Å². The zero-order valence-electron chi connectivity index (χ0n) is 13.1. The Labute approximate surface area is 140 Å². The van der Waals surface area contributed by atoms with Crippen molar-refractivity contribution in [1.82, 2.24) is 10.3 Å². The third-order valence-corrected chi connectivity index (χ3v) is 3.95. The van der Waals surface area contributed by atoms with E-state index in [9.17, 15) is 14.9 Å². The van der Waals surface area contributed by atoms with Crippen LogP contribution in [0.25, 0.3) is 0 Å². The highest BCUT2D eigenvalue weighted by molar-refractivity contribution is 6.30. The molecular formula is C16H15BN4O3. The predicted molar refractivity (Wildman–Crippen MR) is 90.9 cm³/mol. The number of anilines is 2. The molecule has 1 amide bonds. The lowest BCUT2D eigenvalue weighted by molar-refractivity contribution is -0.384. The van der Waals surface area contributed by atoms with Crippen molar-refractivity contribution in [2.75, 3.05) is 5.32 Å². The molecule has 0 spiro atoms. The average Bonchev–Trinajstić information content (AvgIpc) is 2.88. The van der Waals surface area contributed by atoms with Crippen LogP contribution in [0, 0.1) is 10.1 Å². The van der Waals surface area contributed by atoms with Crippen molar-refractivity contribution in [3.8, 4) is 0 Å². The Morgan fingerprint density at radius 2 is 2.17 bits per heavy atom. The second-order valence-corrected chi connectivity index (χ2v) is 5.69. The van der Waals surface area contributed by atoms with Crippen molar-refractivity contribution in [1.29, 1.82) is 0 Å². The first kappa shape index (κ1) is 16.0. The van der Waals surface area contributed by atoms with Crippen molar-refractivity contribution in [2.45, 2.75) is 25.8 Å². The summed E-state index contributed by atoms with van der Waals surface area (Å²) < 4.78 is 0. The molecule has 1 aliphatic carbocycles. The Morgan fingerprint density at radius 1 is 1.38 bits per heavy atom. The fraction of sp³-hybridized carbons (Fsp3) is 0.250. The number of fused-ring (bicyclic) bond motifs is 1. The molecule has 1 aromatic heterocycles. The molecule has 120 valence electrons. The standard InChI is InChI=1S/C16H15BN4O3/c1-9(22)18-13-5-2-10-8-11(3-4-12(10)13)19-16-14(21(23)24)6-7-15(17)20-16/h3-4,6-8,13H,2,5H2,1H3,(H,18,22)(H,19,20). The van der Waals surface area contributed by atoms with Crippen LogP contribution in [0.3, 0.4) is 0 Å². The summed E-state index contributed by atoms with van der Waals surface area (Å²) in [4.78, 5) is 25.8. The van der Waals surface area contributed by atoms with Gasteiger partial charge < -0.3 is 10.6 Å². The predicted octanol–water partition coefficient (Wildman–Crippen LogP) is 1.65. The van der Waals surface area contributed by atoms with E-state index in [0.717, 1.165) is 24.0 Å². The number of nitro groups is 1. The van der Waals surface area contributed by atoms with Crippen LogP contribution in [-0.4, -0.2) is 23.7 Å². The lowest BCUT2D eigenvalue weighted by atomic mass is 10.0. The molecule has 2 N–H and O–H groups in total. The fourth-order valence-corrected chi connectivity index (χ4v) is 2.93. The van der Waals surface area contributed by atoms with Gasteiger partial charge in [0.2, 0.25) is 11.7 Å². The maximum Gasteiger partial charge on any atom is 0.311 e. The molecule has 2 aromatic rings. The van der Waals surface area contributed by atoms with Gasteiger partial charge in [-0.3, -0.25) is 14.9 Å². The summed E-state index contributed by atoms with van der Waals surface area (Å²) in [6.07, 6.45) is 1.68. The van der Waals surface area contributed by atoms with Crippen LogP contribution < -0.4 is 16.2 Å². The molecule has 0 fully saturated rings. The molecule has 24 heavy (non-hydrogen) atoms. The van der Waals surface area contributed by atoms with E-state index in [-0.39, 0.29) is 29.0 Å². The van der Waals surface area contributed by atoms with Gasteiger partial charge in [0.05, 0.1) is 11.0 Å². The number of hydrogen-bond acceptors (Lipinski definition) is 5. The molecule has 3 rings (SSSR count). The Bertz CT molecular complexity index is 825. The summed E-state index contributed by atoms with van der Waals surface area (Å²) in [7, 11) is 5.62. The van der Waals surface area contributed by atoms with E-state index < -0.39 is 4.92 Å². The first-order chi connectivity index (χ1) is 11.4. The molecule has 1 aliphatic rings. The molecule has 0 saturated heterocycles. The molecule has 1 heterocycles. The van der Waals surface area contributed by atoms with Crippen molar-refractivity contribution in [3.05, 3.63) is 51.6 Å². The zero-order chi connectivity index (χ0) is 17.3. The Hall–Kier alpha value is -2.90. The van der Waals surface area contributed by atoms with Crippen LogP contribution in [0.15, 0.2) is 30.3 Å². The van der Waals surface area contributed by atoms with Crippen LogP contribution in [0.5, 0.6) is 0 Å². The minimum absolute atomic E-state index is 0.0198. The van der Waals surface area contributed by atoms with Gasteiger partial charge >= 0.3 is 5.69 Å². The fourth-order valence-electron chi connectivity index (χ4n) is 2.93. The molecule has 0 saturated carbocycles. The van der Waals surface area contributed by atoms with Gasteiger partial charge in [-0.15, -0.1) is 0 Å². The van der Waals surface area contributed by atoms with Crippen LogP contribution in [0.2, 0.25) is 0 Å². The highest BCUT2D eigenvalue weighted by atomic mass is 16.6. The lowest BCUT2D eigenvalue weighted by Gasteiger charge is -2.13. The van der Waals surface area contributed by atoms with E-state index in [1.54, 1.807) is 0 Å². The number of rotatable bonds is 4. The summed E-state index contributed by atoms with van der Waals surface area (Å²) in [5.41, 5.74) is 2.94. The monoisotopic (exact) mass is 322 g/mol. The molecule has 7 nitrogen and oxygen atoms in total. The van der Waals surface area contributed by atoms with Crippen LogP contribution in [0.4, 0.5) is 17.2 Å². The van der Waals surface area contributed by atoms with Gasteiger partial charge in [0, 0.05) is 18.7 Å². The van der Waals surface area contributed by atoms with Gasteiger partial charge in [0.15, 0.2) is 0 Å². The number of aromatic nitrogens is 1. The van der Waals surface area contributed by atoms with E-state index in [4.69, 9.17) is 7.85 Å². The SMILES string of the molecule is [B]c1ccc([N+](=O)[O-])c(Nc2ccc3c(c2)CCC3NC(C)=O)n1. The van der Waals surface area contributed by atoms with Gasteiger partial charge in [-0.05, 0) is 47.8 Å². The minimum Gasteiger partial charge on any atom is -0.350 e. The number of aryl methyl sites for hydroxylation is 1. The number of nitrogens with one attached hydrogen (secondary N) is 2. The molecule has 2 radical (unpaired) electrons. The number of nitrogens with zero attached hydrogens (tertiary/aromatic N) is 2. The first-order valence-electron chi connectivity index (χ1n) is 7.52. The quantitative estimate of drug-likeness (QED) is 0.507. The van der Waals surface area contributed by atoms with Crippen LogP contribution in [-0.2, 0) is 11.2 Å². The highest BCUT2D eigenvalue weighted by Gasteiger charge is 2.23. The maximum atomic E-state index is 11.2. The second-order valence-electron chi connectivity index (χ2n) is 5.69. The average molecular weight is 322 g/mol. The molecule has 1 atom stereocenters. The summed E-state index contributed by atoms with van der Waals surface area (Å²) in [6, 6.07) is 8.39. The molecule has 0 bridgehead atoms. The minimum atomic E-state index is -0.505. The number of pyridine rings is 1. The van der Waals surface area contributed by atoms with Crippen molar-refractivity contribution in [3.63, 3.8) is 0 Å². The summed E-state index contributed by atoms with van der Waals surface area (Å²) in [5.74, 6) is 0.0472. The maximum absolute atomic E-state index is 11.2. The van der Waals surface area contributed by atoms with E-state index in [2.05, 4.69) is 15.6 Å². The summed E-state index contributed by atoms with van der Waals surface area (Å²) in [5, 5.41) is 17.0. The smallest absolute Gasteiger partial charge is 0.311 e. The van der Waals surface area contributed by atoms with Crippen molar-refractivity contribution >= 4 is 36.5 Å². The van der Waals surface area contributed by atoms with Crippen LogP contribution >= 0.6 is 0 Å². The van der Waals surface area contributed by atoms with Crippen LogP contribution in [0.1, 0.15) is 30.5 Å². The van der Waals surface area contributed by atoms with Crippen molar-refractivity contribution < 1.29 is 9.72 Å². The van der Waals surface area contributed by atoms with E-state index in [1.165, 1.54) is 19.1 Å². The molecular weight excluding hydrogens is 307 g/mol. The Balaban J connectivity index is 1.87. The highest BCUT2D eigenvalue weighted by Crippen LogP contribution is 2.34. The number of benzene rings is 1. The summed E-state index contributed by atoms with van der Waals surface area (Å²) in [6.45, 7) is 1.50. The zero-order valence-corrected chi connectivity index (χ0v) is 13.1. The number of hydrogen-bond donors (Lipinski definition) is 2. The molecule has 1 unspecified atom stereocenters. The number of carbonyl (C=O) groups is 1. The third kappa shape index (κ3) is 3.22. The molecule has 1 aromatic carbocycles. The second kappa shape index (κ2) is 6.31. The van der Waals surface area contributed by atoms with E-state index in [0.29, 0.717) is 5.69 Å². The first-order valence-corrected chi connectivity index (χ1v) is 7.52. The topological polar surface area (TPSA) is 97.2 Å². The number of amides is 1. The normalized spacial score (nSPS) is 15.6. The largest absolute Gasteiger partial charge is 0.350 e. The summed E-state index contributed by atoms with van der Waals surface area (Å²) >= 11 is 0. The van der Waals surface area contributed by atoms with Crippen molar-refractivity contribution in [2.24, 2.45) is 0 Å². The van der Waals surface area contributed by atoms with Gasteiger partial charge in [-0.1, -0.05) is 6.07 Å². The van der Waals surface area contributed by atoms with Gasteiger partial charge in [0.25, 0.3) is 0 Å². The number of carbonyl (C=O) groups excluding carboxylic acids is 1. The Kier molecular flexibility index (Phi) is 4.20. The van der Waals surface area contributed by atoms with Gasteiger partial charge in [-0.25, -0.2) is 4.98 Å². The molecule has 0 aliphatic heterocycles. The Morgan fingerprint density at radius 3 is 2.88 bits per heavy atom. The molecule has 8 heteroatoms. The van der Waals surface area contributed by atoms with E-state index in [1.807, 2.05) is 18.2 Å².